The molecule has 30 heavy (non-hydrogen) atoms. The van der Waals surface area contributed by atoms with Crippen molar-refractivity contribution in [1.29, 1.82) is 0 Å². The third kappa shape index (κ3) is 5.38. The number of carboxylic acids is 1. The molecule has 3 heterocycles. The molecular weight excluding hydrogens is 408 g/mol. The summed E-state index contributed by atoms with van der Waals surface area (Å²) in [5.41, 5.74) is 0.853. The maximum atomic E-state index is 13.3. The Bertz CT molecular complexity index is 885. The molecule has 0 spiro atoms. The number of rotatable bonds is 4. The Hall–Kier alpha value is -2.88. The van der Waals surface area contributed by atoms with E-state index in [1.807, 2.05) is 23.1 Å². The number of carbonyl (C=O) groups excluding carboxylic acids is 1. The Labute approximate surface area is 169 Å². The average Bonchev–Trinajstić information content (AvgIpc) is 3.36. The van der Waals surface area contributed by atoms with Crippen molar-refractivity contribution in [2.45, 2.75) is 19.3 Å². The van der Waals surface area contributed by atoms with E-state index in [9.17, 15) is 22.4 Å². The summed E-state index contributed by atoms with van der Waals surface area (Å²) in [5, 5.41) is 7.12. The van der Waals surface area contributed by atoms with Crippen LogP contribution in [-0.4, -0.2) is 52.6 Å². The normalized spacial score (nSPS) is 21.3. The smallest absolute Gasteiger partial charge is 0.475 e. The first-order valence-electron chi connectivity index (χ1n) is 9.21. The second-order valence-corrected chi connectivity index (χ2v) is 7.29. The van der Waals surface area contributed by atoms with Gasteiger partial charge in [-0.2, -0.15) is 13.2 Å². The Balaban J connectivity index is 0.000000318. The number of fused-ring (bicyclic) bond motifs is 1. The number of halogens is 4. The number of carboxylic acid groups (broad SMARTS) is 1. The van der Waals surface area contributed by atoms with Crippen LogP contribution in [0.25, 0.3) is 0 Å². The average molecular weight is 428 g/mol. The SMILES string of the molecule is O=C(O)C(F)(F)F.O=C1[C@H]2CN(Cc3ccco3)C[C@H]2CN1Cc1cccc(F)c1. The highest BCUT2D eigenvalue weighted by Crippen LogP contribution is 2.33. The zero-order valence-corrected chi connectivity index (χ0v) is 15.8. The number of hydrogen-bond donors (Lipinski definition) is 1. The van der Waals surface area contributed by atoms with Crippen molar-refractivity contribution in [3.05, 3.63) is 59.8 Å². The van der Waals surface area contributed by atoms with Crippen LogP contribution in [0.5, 0.6) is 0 Å². The lowest BCUT2D eigenvalue weighted by Gasteiger charge is -2.21. The maximum absolute atomic E-state index is 13.3. The third-order valence-corrected chi connectivity index (χ3v) is 5.06. The second-order valence-electron chi connectivity index (χ2n) is 7.29. The molecule has 0 radical (unpaired) electrons. The molecule has 1 amide bonds. The quantitative estimate of drug-likeness (QED) is 0.758. The Morgan fingerprint density at radius 3 is 2.43 bits per heavy atom. The van der Waals surface area contributed by atoms with Crippen molar-refractivity contribution in [3.63, 3.8) is 0 Å². The first-order valence-corrected chi connectivity index (χ1v) is 9.21. The summed E-state index contributed by atoms with van der Waals surface area (Å²) in [6.45, 7) is 3.72. The number of aliphatic carboxylic acids is 1. The van der Waals surface area contributed by atoms with Gasteiger partial charge in [0.05, 0.1) is 18.7 Å². The van der Waals surface area contributed by atoms with Gasteiger partial charge in [0, 0.05) is 32.1 Å². The van der Waals surface area contributed by atoms with E-state index >= 15 is 0 Å². The highest BCUT2D eigenvalue weighted by atomic mass is 19.4. The molecule has 0 unspecified atom stereocenters. The zero-order valence-electron chi connectivity index (χ0n) is 15.8. The van der Waals surface area contributed by atoms with Gasteiger partial charge in [-0.05, 0) is 29.8 Å². The third-order valence-electron chi connectivity index (χ3n) is 5.06. The van der Waals surface area contributed by atoms with E-state index in [-0.39, 0.29) is 17.6 Å². The maximum Gasteiger partial charge on any atom is 0.490 e. The fraction of sp³-hybridized carbons (Fsp3) is 0.400. The number of carbonyl (C=O) groups is 2. The zero-order chi connectivity index (χ0) is 21.9. The Morgan fingerprint density at radius 1 is 1.13 bits per heavy atom. The molecule has 2 atom stereocenters. The predicted molar refractivity (Wildman–Crippen MR) is 96.5 cm³/mol. The van der Waals surface area contributed by atoms with Gasteiger partial charge in [-0.1, -0.05) is 12.1 Å². The molecule has 4 rings (SSSR count). The highest BCUT2D eigenvalue weighted by molar-refractivity contribution is 5.82. The minimum absolute atomic E-state index is 0.0681. The fourth-order valence-corrected chi connectivity index (χ4v) is 3.78. The summed E-state index contributed by atoms with van der Waals surface area (Å²) in [5.74, 6) is -1.44. The van der Waals surface area contributed by atoms with Gasteiger partial charge < -0.3 is 14.4 Å². The van der Waals surface area contributed by atoms with E-state index in [0.717, 1.165) is 37.5 Å². The molecule has 10 heteroatoms. The van der Waals surface area contributed by atoms with Crippen LogP contribution in [0.3, 0.4) is 0 Å². The molecule has 1 N–H and O–H groups in total. The summed E-state index contributed by atoms with van der Waals surface area (Å²) in [6, 6.07) is 10.3. The monoisotopic (exact) mass is 428 g/mol. The summed E-state index contributed by atoms with van der Waals surface area (Å²) in [7, 11) is 0. The number of benzene rings is 1. The Morgan fingerprint density at radius 2 is 1.87 bits per heavy atom. The molecule has 162 valence electrons. The van der Waals surface area contributed by atoms with Gasteiger partial charge in [-0.3, -0.25) is 9.69 Å². The molecule has 1 aromatic carbocycles. The predicted octanol–water partition coefficient (Wildman–Crippen LogP) is 3.14. The highest BCUT2D eigenvalue weighted by Gasteiger charge is 2.46. The summed E-state index contributed by atoms with van der Waals surface area (Å²) >= 11 is 0. The number of amides is 1. The molecule has 6 nitrogen and oxygen atoms in total. The molecule has 2 fully saturated rings. The standard InChI is InChI=1S/C18H19FN2O2.C2HF3O2/c19-15-4-1-3-13(7-15)8-21-10-14-9-20(12-17(14)18(21)22)11-16-5-2-6-23-16;3-2(4,5)1(6)7/h1-7,14,17H,8-12H2;(H,6,7)/t14-,17-;/m0./s1. The van der Waals surface area contributed by atoms with Crippen LogP contribution in [0, 0.1) is 17.7 Å². The number of nitrogens with zero attached hydrogens (tertiary/aromatic N) is 2. The molecule has 2 aliphatic heterocycles. The molecule has 0 aliphatic carbocycles. The first-order chi connectivity index (χ1) is 14.1. The van der Waals surface area contributed by atoms with Crippen LogP contribution in [0.1, 0.15) is 11.3 Å². The summed E-state index contributed by atoms with van der Waals surface area (Å²) in [4.78, 5) is 25.7. The van der Waals surface area contributed by atoms with Crippen molar-refractivity contribution in [3.8, 4) is 0 Å². The van der Waals surface area contributed by atoms with Crippen molar-refractivity contribution >= 4 is 11.9 Å². The van der Waals surface area contributed by atoms with Gasteiger partial charge in [-0.15, -0.1) is 0 Å². The lowest BCUT2D eigenvalue weighted by atomic mass is 10.0. The van der Waals surface area contributed by atoms with Crippen LogP contribution in [0.15, 0.2) is 47.1 Å². The summed E-state index contributed by atoms with van der Waals surface area (Å²) in [6.07, 6.45) is -3.40. The molecule has 0 saturated carbocycles. The van der Waals surface area contributed by atoms with E-state index in [2.05, 4.69) is 4.90 Å². The fourth-order valence-electron chi connectivity index (χ4n) is 3.78. The second kappa shape index (κ2) is 8.86. The van der Waals surface area contributed by atoms with Crippen LogP contribution in [-0.2, 0) is 22.7 Å². The lowest BCUT2D eigenvalue weighted by Crippen LogP contribution is -2.32. The largest absolute Gasteiger partial charge is 0.490 e. The number of likely N-dealkylation sites (tertiary alicyclic amines) is 2. The van der Waals surface area contributed by atoms with Gasteiger partial charge in [0.2, 0.25) is 5.91 Å². The van der Waals surface area contributed by atoms with Crippen molar-refractivity contribution < 1.29 is 36.7 Å². The summed E-state index contributed by atoms with van der Waals surface area (Å²) < 4.78 is 50.4. The van der Waals surface area contributed by atoms with Gasteiger partial charge >= 0.3 is 12.1 Å². The van der Waals surface area contributed by atoms with Crippen LogP contribution in [0.4, 0.5) is 17.6 Å². The number of alkyl halides is 3. The van der Waals surface area contributed by atoms with E-state index in [1.165, 1.54) is 12.1 Å². The lowest BCUT2D eigenvalue weighted by molar-refractivity contribution is -0.192. The molecule has 1 aromatic heterocycles. The van der Waals surface area contributed by atoms with Crippen LogP contribution in [0.2, 0.25) is 0 Å². The van der Waals surface area contributed by atoms with Crippen LogP contribution >= 0.6 is 0 Å². The van der Waals surface area contributed by atoms with Gasteiger partial charge in [0.15, 0.2) is 0 Å². The van der Waals surface area contributed by atoms with Crippen LogP contribution < -0.4 is 0 Å². The van der Waals surface area contributed by atoms with E-state index in [0.29, 0.717) is 12.5 Å². The van der Waals surface area contributed by atoms with Crippen molar-refractivity contribution in [2.75, 3.05) is 19.6 Å². The minimum Gasteiger partial charge on any atom is -0.475 e. The van der Waals surface area contributed by atoms with Gasteiger partial charge in [-0.25, -0.2) is 9.18 Å². The van der Waals surface area contributed by atoms with Gasteiger partial charge in [0.1, 0.15) is 11.6 Å². The molecule has 2 aliphatic rings. The van der Waals surface area contributed by atoms with E-state index < -0.39 is 12.1 Å². The first kappa shape index (κ1) is 21.8. The van der Waals surface area contributed by atoms with E-state index in [1.54, 1.807) is 12.3 Å². The molecule has 2 saturated heterocycles. The number of hydrogen-bond acceptors (Lipinski definition) is 4. The molecular formula is C20H20F4N2O4. The molecule has 0 bridgehead atoms. The van der Waals surface area contributed by atoms with Crippen molar-refractivity contribution in [2.24, 2.45) is 11.8 Å². The Kier molecular flexibility index (Phi) is 6.45. The van der Waals surface area contributed by atoms with E-state index in [4.69, 9.17) is 14.3 Å². The molecule has 2 aromatic rings. The van der Waals surface area contributed by atoms with Gasteiger partial charge in [0.25, 0.3) is 0 Å². The topological polar surface area (TPSA) is 74.0 Å². The van der Waals surface area contributed by atoms with Crippen molar-refractivity contribution in [1.82, 2.24) is 9.80 Å². The number of furan rings is 1. The minimum atomic E-state index is -5.08.